The molecule has 0 saturated carbocycles. The molecule has 0 aliphatic rings. The molecular weight excluding hydrogens is 218 g/mol. The van der Waals surface area contributed by atoms with Crippen LogP contribution in [0.2, 0.25) is 0 Å². The van der Waals surface area contributed by atoms with Crippen molar-refractivity contribution in [3.63, 3.8) is 0 Å². The van der Waals surface area contributed by atoms with Gasteiger partial charge in [-0.2, -0.15) is 5.10 Å². The van der Waals surface area contributed by atoms with E-state index in [1.165, 1.54) is 10.9 Å². The number of aromatic nitrogens is 3. The van der Waals surface area contributed by atoms with E-state index in [2.05, 4.69) is 10.1 Å². The predicted molar refractivity (Wildman–Crippen MR) is 62.0 cm³/mol. The van der Waals surface area contributed by atoms with E-state index in [9.17, 15) is 4.79 Å². The number of ether oxygens (including phenoxy) is 1. The van der Waals surface area contributed by atoms with Crippen molar-refractivity contribution in [3.05, 3.63) is 42.0 Å². The average Bonchev–Trinajstić information content (AvgIpc) is 2.75. The first-order valence-electron chi connectivity index (χ1n) is 5.33. The second-order valence-electron chi connectivity index (χ2n) is 3.51. The summed E-state index contributed by atoms with van der Waals surface area (Å²) in [6, 6.07) is 3.36. The summed E-state index contributed by atoms with van der Waals surface area (Å²) < 4.78 is 6.84. The summed E-state index contributed by atoms with van der Waals surface area (Å²) in [5.41, 5.74) is 1.03. The monoisotopic (exact) mass is 231 g/mol. The molecule has 2 aromatic heterocycles. The fourth-order valence-electron chi connectivity index (χ4n) is 1.53. The fraction of sp³-hybridized carbons (Fsp3) is 0.250. The maximum absolute atomic E-state index is 12.1. The van der Waals surface area contributed by atoms with E-state index in [1.54, 1.807) is 31.6 Å². The maximum atomic E-state index is 12.1. The number of nitrogens with zero attached hydrogens (tertiary/aromatic N) is 3. The maximum Gasteiger partial charge on any atom is 0.212 e. The molecule has 0 aliphatic carbocycles. The summed E-state index contributed by atoms with van der Waals surface area (Å²) >= 11 is 0. The van der Waals surface area contributed by atoms with E-state index in [-0.39, 0.29) is 5.78 Å². The van der Waals surface area contributed by atoms with Gasteiger partial charge in [-0.1, -0.05) is 0 Å². The molecule has 0 N–H and O–H groups in total. The highest BCUT2D eigenvalue weighted by Gasteiger charge is 2.13. The molecular formula is C12H13N3O2. The van der Waals surface area contributed by atoms with Crippen molar-refractivity contribution in [1.29, 1.82) is 0 Å². The van der Waals surface area contributed by atoms with Gasteiger partial charge >= 0.3 is 0 Å². The van der Waals surface area contributed by atoms with Crippen LogP contribution in [0.25, 0.3) is 0 Å². The molecule has 17 heavy (non-hydrogen) atoms. The molecule has 88 valence electrons. The molecule has 0 fully saturated rings. The molecule has 2 rings (SSSR count). The molecule has 0 radical (unpaired) electrons. The molecule has 0 atom stereocenters. The predicted octanol–water partition coefficient (Wildman–Crippen LogP) is 1.44. The van der Waals surface area contributed by atoms with Crippen LogP contribution in [-0.4, -0.2) is 27.2 Å². The first-order chi connectivity index (χ1) is 8.22. The summed E-state index contributed by atoms with van der Waals surface area (Å²) in [5.74, 6) is 0.486. The van der Waals surface area contributed by atoms with E-state index in [1.807, 2.05) is 6.92 Å². The summed E-state index contributed by atoms with van der Waals surface area (Å²) in [4.78, 5) is 16.1. The number of hydrogen-bond donors (Lipinski definition) is 0. The van der Waals surface area contributed by atoms with Crippen LogP contribution in [0, 0.1) is 0 Å². The molecule has 0 amide bonds. The van der Waals surface area contributed by atoms with Crippen molar-refractivity contribution in [3.8, 4) is 5.75 Å². The lowest BCUT2D eigenvalue weighted by molar-refractivity contribution is 0.102. The van der Waals surface area contributed by atoms with Gasteiger partial charge in [-0.25, -0.2) is 0 Å². The summed E-state index contributed by atoms with van der Waals surface area (Å²) in [5, 5.41) is 3.97. The topological polar surface area (TPSA) is 57.0 Å². The first-order valence-corrected chi connectivity index (χ1v) is 5.33. The average molecular weight is 231 g/mol. The number of carbonyl (C=O) groups is 1. The zero-order valence-corrected chi connectivity index (χ0v) is 9.75. The normalized spacial score (nSPS) is 10.2. The Morgan fingerprint density at radius 2 is 2.29 bits per heavy atom. The Morgan fingerprint density at radius 3 is 2.94 bits per heavy atom. The number of pyridine rings is 1. The van der Waals surface area contributed by atoms with Gasteiger partial charge in [0, 0.05) is 25.0 Å². The highest BCUT2D eigenvalue weighted by molar-refractivity contribution is 6.07. The molecule has 5 nitrogen and oxygen atoms in total. The lowest BCUT2D eigenvalue weighted by Gasteiger charge is -2.05. The van der Waals surface area contributed by atoms with Gasteiger partial charge in [0.15, 0.2) is 0 Å². The first kappa shape index (κ1) is 11.3. The van der Waals surface area contributed by atoms with Gasteiger partial charge in [0.1, 0.15) is 11.4 Å². The zero-order valence-electron chi connectivity index (χ0n) is 9.75. The molecule has 0 unspecified atom stereocenters. The summed E-state index contributed by atoms with van der Waals surface area (Å²) in [6.45, 7) is 2.43. The molecule has 5 heteroatoms. The van der Waals surface area contributed by atoms with Crippen LogP contribution in [0.3, 0.4) is 0 Å². The van der Waals surface area contributed by atoms with Crippen molar-refractivity contribution in [2.24, 2.45) is 7.05 Å². The Kier molecular flexibility index (Phi) is 3.18. The van der Waals surface area contributed by atoms with E-state index in [0.29, 0.717) is 23.6 Å². The van der Waals surface area contributed by atoms with E-state index < -0.39 is 0 Å². The lowest BCUT2D eigenvalue weighted by atomic mass is 10.1. The van der Waals surface area contributed by atoms with Crippen molar-refractivity contribution in [2.45, 2.75) is 6.92 Å². The van der Waals surface area contributed by atoms with Crippen LogP contribution in [0.1, 0.15) is 23.0 Å². The second kappa shape index (κ2) is 4.78. The Morgan fingerprint density at radius 1 is 1.47 bits per heavy atom. The quantitative estimate of drug-likeness (QED) is 0.747. The van der Waals surface area contributed by atoms with Gasteiger partial charge < -0.3 is 4.74 Å². The molecule has 0 aliphatic heterocycles. The number of rotatable bonds is 4. The fourth-order valence-corrected chi connectivity index (χ4v) is 1.53. The highest BCUT2D eigenvalue weighted by atomic mass is 16.5. The third-order valence-corrected chi connectivity index (χ3v) is 2.34. The minimum absolute atomic E-state index is 0.112. The lowest BCUT2D eigenvalue weighted by Crippen LogP contribution is -2.08. The summed E-state index contributed by atoms with van der Waals surface area (Å²) in [6.07, 6.45) is 4.70. The minimum atomic E-state index is -0.112. The Balaban J connectivity index is 2.31. The number of carbonyl (C=O) groups excluding carboxylic acids is 1. The molecule has 2 aromatic rings. The molecule has 0 spiro atoms. The largest absolute Gasteiger partial charge is 0.492 e. The molecule has 0 bridgehead atoms. The van der Waals surface area contributed by atoms with Crippen molar-refractivity contribution < 1.29 is 9.53 Å². The Bertz CT molecular complexity index is 534. The van der Waals surface area contributed by atoms with Crippen LogP contribution in [-0.2, 0) is 7.05 Å². The van der Waals surface area contributed by atoms with E-state index in [4.69, 9.17) is 4.74 Å². The van der Waals surface area contributed by atoms with Crippen molar-refractivity contribution >= 4 is 5.78 Å². The SMILES string of the molecule is CCOc1cncc(C(=O)c2ccnn2C)c1. The van der Waals surface area contributed by atoms with E-state index >= 15 is 0 Å². The molecule has 0 aromatic carbocycles. The van der Waals surface area contributed by atoms with Crippen LogP contribution in [0.4, 0.5) is 0 Å². The number of aryl methyl sites for hydroxylation is 1. The van der Waals surface area contributed by atoms with Gasteiger partial charge in [0.25, 0.3) is 0 Å². The zero-order chi connectivity index (χ0) is 12.3. The molecule has 2 heterocycles. The minimum Gasteiger partial charge on any atom is -0.492 e. The van der Waals surface area contributed by atoms with Gasteiger partial charge in [-0.3, -0.25) is 14.5 Å². The molecule has 0 saturated heterocycles. The highest BCUT2D eigenvalue weighted by Crippen LogP contribution is 2.14. The van der Waals surface area contributed by atoms with Gasteiger partial charge in [0.2, 0.25) is 5.78 Å². The van der Waals surface area contributed by atoms with Crippen LogP contribution >= 0.6 is 0 Å². The van der Waals surface area contributed by atoms with Crippen LogP contribution in [0.5, 0.6) is 5.75 Å². The number of hydrogen-bond acceptors (Lipinski definition) is 4. The van der Waals surface area contributed by atoms with Crippen LogP contribution < -0.4 is 4.74 Å². The van der Waals surface area contributed by atoms with Gasteiger partial charge in [-0.05, 0) is 19.1 Å². The van der Waals surface area contributed by atoms with Gasteiger partial charge in [-0.15, -0.1) is 0 Å². The third-order valence-electron chi connectivity index (χ3n) is 2.34. The summed E-state index contributed by atoms with van der Waals surface area (Å²) in [7, 11) is 1.73. The third kappa shape index (κ3) is 2.33. The Hall–Kier alpha value is -2.17. The second-order valence-corrected chi connectivity index (χ2v) is 3.51. The van der Waals surface area contributed by atoms with Crippen LogP contribution in [0.15, 0.2) is 30.7 Å². The smallest absolute Gasteiger partial charge is 0.212 e. The standard InChI is InChI=1S/C12H13N3O2/c1-3-17-10-6-9(7-13-8-10)12(16)11-4-5-14-15(11)2/h4-8H,3H2,1-2H3. The Labute approximate surface area is 99.1 Å². The van der Waals surface area contributed by atoms with Gasteiger partial charge in [0.05, 0.1) is 12.8 Å². The van der Waals surface area contributed by atoms with Crippen molar-refractivity contribution in [1.82, 2.24) is 14.8 Å². The van der Waals surface area contributed by atoms with Crippen molar-refractivity contribution in [2.75, 3.05) is 6.61 Å². The van der Waals surface area contributed by atoms with E-state index in [0.717, 1.165) is 0 Å². The number of ketones is 1.